The number of hydrogen-bond acceptors (Lipinski definition) is 4. The average molecular weight is 479 g/mol. The molecule has 28 heavy (non-hydrogen) atoms. The van der Waals surface area contributed by atoms with Crippen molar-refractivity contribution >= 4 is 62.3 Å². The van der Waals surface area contributed by atoms with Crippen LogP contribution in [0.2, 0.25) is 20.1 Å². The van der Waals surface area contributed by atoms with Crippen LogP contribution in [0.3, 0.4) is 0 Å². The Balaban J connectivity index is 1.79. The zero-order valence-corrected chi connectivity index (χ0v) is 17.7. The number of nitrogens with one attached hydrogen (secondary N) is 1. The van der Waals surface area contributed by atoms with Crippen LogP contribution in [0.15, 0.2) is 53.8 Å². The van der Waals surface area contributed by atoms with E-state index in [1.807, 2.05) is 4.72 Å². The topological polar surface area (TPSA) is 81.1 Å². The Bertz CT molecular complexity index is 1120. The highest BCUT2D eigenvalue weighted by Gasteiger charge is 2.25. The summed E-state index contributed by atoms with van der Waals surface area (Å²) in [5.74, 6) is -0.918. The molecular weight excluding hydrogens is 468 g/mol. The number of rotatable bonds is 5. The van der Waals surface area contributed by atoms with E-state index < -0.39 is 15.9 Å². The number of halogens is 4. The molecule has 6 nitrogen and oxygen atoms in total. The Morgan fingerprint density at radius 2 is 1.64 bits per heavy atom. The third kappa shape index (κ3) is 4.79. The number of amides is 1. The van der Waals surface area contributed by atoms with E-state index >= 15 is 0 Å². The molecule has 3 rings (SSSR count). The van der Waals surface area contributed by atoms with E-state index in [1.165, 1.54) is 30.7 Å². The molecule has 11 heteroatoms. The fraction of sp³-hybridized carbons (Fsp3) is 0.0588. The monoisotopic (exact) mass is 477 g/mol. The summed E-state index contributed by atoms with van der Waals surface area (Å²) >= 11 is 23.7. The van der Waals surface area contributed by atoms with Gasteiger partial charge in [0.2, 0.25) is 0 Å². The van der Waals surface area contributed by atoms with Gasteiger partial charge in [0.1, 0.15) is 10.6 Å². The molecule has 1 amide bonds. The molecule has 0 fully saturated rings. The smallest absolute Gasteiger partial charge is 0.285 e. The van der Waals surface area contributed by atoms with E-state index in [0.29, 0.717) is 16.6 Å². The van der Waals surface area contributed by atoms with Gasteiger partial charge in [-0.05, 0) is 35.9 Å². The molecule has 0 spiro atoms. The molecule has 146 valence electrons. The summed E-state index contributed by atoms with van der Waals surface area (Å²) in [5, 5.41) is 0.749. The average Bonchev–Trinajstić information content (AvgIpc) is 3.01. The van der Waals surface area contributed by atoms with E-state index in [4.69, 9.17) is 46.4 Å². The lowest BCUT2D eigenvalue weighted by atomic mass is 10.2. The Morgan fingerprint density at radius 3 is 2.25 bits per heavy atom. The second-order valence-electron chi connectivity index (χ2n) is 5.69. The number of hydrogen-bond donors (Lipinski definition) is 1. The van der Waals surface area contributed by atoms with Crippen LogP contribution in [-0.4, -0.2) is 23.9 Å². The van der Waals surface area contributed by atoms with Crippen LogP contribution in [0.25, 0.3) is 0 Å². The van der Waals surface area contributed by atoms with Crippen molar-refractivity contribution in [3.8, 4) is 0 Å². The van der Waals surface area contributed by atoms with Crippen LogP contribution in [-0.2, 0) is 16.6 Å². The maximum absolute atomic E-state index is 12.5. The summed E-state index contributed by atoms with van der Waals surface area (Å²) in [6, 6.07) is 9.25. The lowest BCUT2D eigenvalue weighted by Crippen LogP contribution is -2.31. The first-order valence-corrected chi connectivity index (χ1v) is 10.6. The van der Waals surface area contributed by atoms with Crippen molar-refractivity contribution in [2.45, 2.75) is 11.4 Å². The molecular formula is C17H11Cl4N3O3S. The maximum Gasteiger partial charge on any atom is 0.285 e. The highest BCUT2D eigenvalue weighted by Crippen LogP contribution is 2.28. The predicted octanol–water partition coefficient (Wildman–Crippen LogP) is 4.66. The largest absolute Gasteiger partial charge is 0.332 e. The number of imidazole rings is 1. The Kier molecular flexibility index (Phi) is 6.21. The number of carbonyl (C=O) groups is 1. The first-order valence-electron chi connectivity index (χ1n) is 7.63. The molecule has 0 atom stereocenters. The Morgan fingerprint density at radius 1 is 1.04 bits per heavy atom. The zero-order valence-electron chi connectivity index (χ0n) is 13.9. The number of sulfonamides is 1. The lowest BCUT2D eigenvalue weighted by molar-refractivity contribution is 0.0977. The van der Waals surface area contributed by atoms with Crippen molar-refractivity contribution < 1.29 is 13.2 Å². The summed E-state index contributed by atoms with van der Waals surface area (Å²) in [6.07, 6.45) is 2.78. The van der Waals surface area contributed by atoms with Gasteiger partial charge in [-0.25, -0.2) is 18.1 Å². The minimum absolute atomic E-state index is 0.0973. The highest BCUT2D eigenvalue weighted by atomic mass is 35.5. The van der Waals surface area contributed by atoms with Gasteiger partial charge in [-0.3, -0.25) is 4.79 Å². The number of aromatic nitrogens is 2. The molecule has 0 radical (unpaired) electrons. The summed E-state index contributed by atoms with van der Waals surface area (Å²) in [7, 11) is -4.28. The third-order valence-electron chi connectivity index (χ3n) is 3.57. The van der Waals surface area contributed by atoms with E-state index in [-0.39, 0.29) is 20.6 Å². The van der Waals surface area contributed by atoms with Crippen LogP contribution in [0, 0.1) is 0 Å². The number of nitrogens with zero attached hydrogens (tertiary/aromatic N) is 2. The SMILES string of the molecule is O=C(NS(=O)(=O)c1c(Cl)cccc1Cl)c1cn(Cc2cc(Cl)cc(Cl)c2)cn1. The van der Waals surface area contributed by atoms with Crippen LogP contribution < -0.4 is 4.72 Å². The van der Waals surface area contributed by atoms with Gasteiger partial charge >= 0.3 is 0 Å². The van der Waals surface area contributed by atoms with Crippen LogP contribution in [0.5, 0.6) is 0 Å². The lowest BCUT2D eigenvalue weighted by Gasteiger charge is -2.09. The van der Waals surface area contributed by atoms with Crippen LogP contribution >= 0.6 is 46.4 Å². The number of benzene rings is 2. The minimum atomic E-state index is -4.28. The summed E-state index contributed by atoms with van der Waals surface area (Å²) in [4.78, 5) is 15.9. The minimum Gasteiger partial charge on any atom is -0.332 e. The summed E-state index contributed by atoms with van der Waals surface area (Å²) in [6.45, 7) is 0.337. The molecule has 3 aromatic rings. The molecule has 0 bridgehead atoms. The molecule has 0 saturated carbocycles. The van der Waals surface area contributed by atoms with E-state index in [2.05, 4.69) is 4.98 Å². The highest BCUT2D eigenvalue weighted by molar-refractivity contribution is 7.90. The van der Waals surface area contributed by atoms with Crippen molar-refractivity contribution in [2.75, 3.05) is 0 Å². The van der Waals surface area contributed by atoms with E-state index in [9.17, 15) is 13.2 Å². The molecule has 2 aromatic carbocycles. The standard InChI is InChI=1S/C17H11Cl4N3O3S/c18-11-4-10(5-12(19)6-11)7-24-8-15(22-9-24)17(25)23-28(26,27)16-13(20)2-1-3-14(16)21/h1-6,8-9H,7H2,(H,23,25). The normalized spacial score (nSPS) is 11.4. The molecule has 0 unspecified atom stereocenters. The van der Waals surface area contributed by atoms with Gasteiger partial charge in [0.25, 0.3) is 15.9 Å². The zero-order chi connectivity index (χ0) is 20.5. The molecule has 1 aromatic heterocycles. The van der Waals surface area contributed by atoms with E-state index in [0.717, 1.165) is 5.56 Å². The number of carbonyl (C=O) groups excluding carboxylic acids is 1. The van der Waals surface area contributed by atoms with Crippen molar-refractivity contribution in [1.29, 1.82) is 0 Å². The molecule has 0 aliphatic rings. The van der Waals surface area contributed by atoms with Crippen LogP contribution in [0.1, 0.15) is 16.1 Å². The van der Waals surface area contributed by atoms with Gasteiger partial charge in [0.15, 0.2) is 0 Å². The van der Waals surface area contributed by atoms with Gasteiger partial charge in [0.05, 0.1) is 16.4 Å². The first-order chi connectivity index (χ1) is 13.2. The van der Waals surface area contributed by atoms with Crippen molar-refractivity contribution in [3.63, 3.8) is 0 Å². The first kappa shape index (κ1) is 21.0. The molecule has 0 saturated heterocycles. The summed E-state index contributed by atoms with van der Waals surface area (Å²) in [5.41, 5.74) is 0.692. The second-order valence-corrected chi connectivity index (χ2v) is 9.00. The molecule has 0 aliphatic heterocycles. The Labute approximate surface area is 181 Å². The van der Waals surface area contributed by atoms with Gasteiger partial charge in [0, 0.05) is 22.8 Å². The van der Waals surface area contributed by atoms with Gasteiger partial charge < -0.3 is 4.57 Å². The fourth-order valence-corrected chi connectivity index (χ4v) is 5.12. The molecule has 1 heterocycles. The van der Waals surface area contributed by atoms with Gasteiger partial charge in [-0.15, -0.1) is 0 Å². The van der Waals surface area contributed by atoms with Gasteiger partial charge in [-0.2, -0.15) is 0 Å². The molecule has 0 aliphatic carbocycles. The maximum atomic E-state index is 12.5. The third-order valence-corrected chi connectivity index (χ3v) is 6.29. The van der Waals surface area contributed by atoms with Gasteiger partial charge in [-0.1, -0.05) is 52.5 Å². The Hall–Kier alpha value is -1.77. The van der Waals surface area contributed by atoms with Crippen molar-refractivity contribution in [2.24, 2.45) is 0 Å². The quantitative estimate of drug-likeness (QED) is 0.578. The predicted molar refractivity (Wildman–Crippen MR) is 109 cm³/mol. The second kappa shape index (κ2) is 8.31. The summed E-state index contributed by atoms with van der Waals surface area (Å²) < 4.78 is 28.4. The molecule has 1 N–H and O–H groups in total. The van der Waals surface area contributed by atoms with Crippen molar-refractivity contribution in [1.82, 2.24) is 14.3 Å². The van der Waals surface area contributed by atoms with E-state index in [1.54, 1.807) is 22.8 Å². The van der Waals surface area contributed by atoms with Crippen molar-refractivity contribution in [3.05, 3.63) is 80.3 Å². The fourth-order valence-electron chi connectivity index (χ4n) is 2.44. The van der Waals surface area contributed by atoms with Crippen LogP contribution in [0.4, 0.5) is 0 Å².